The monoisotopic (exact) mass is 269 g/mol. The molecule has 0 bridgehead atoms. The molecule has 2 aromatic rings. The molecule has 1 saturated heterocycles. The summed E-state index contributed by atoms with van der Waals surface area (Å²) >= 11 is 0. The number of nitrogens with zero attached hydrogens (tertiary/aromatic N) is 1. The summed E-state index contributed by atoms with van der Waals surface area (Å²) in [6.45, 7) is 5.38. The molecule has 0 saturated carbocycles. The Morgan fingerprint density at radius 3 is 2.55 bits per heavy atom. The van der Waals surface area contributed by atoms with E-state index in [0.29, 0.717) is 5.92 Å². The third-order valence-corrected chi connectivity index (χ3v) is 4.29. The fourth-order valence-corrected chi connectivity index (χ4v) is 2.88. The van der Waals surface area contributed by atoms with Crippen LogP contribution in [0.2, 0.25) is 0 Å². The molecule has 3 rings (SSSR count). The third-order valence-electron chi connectivity index (χ3n) is 4.29. The average Bonchev–Trinajstić information content (AvgIpc) is 2.46. The molecule has 1 aliphatic heterocycles. The Morgan fingerprint density at radius 2 is 1.75 bits per heavy atom. The van der Waals surface area contributed by atoms with Gasteiger partial charge in [0.2, 0.25) is 0 Å². The Morgan fingerprint density at radius 1 is 1.05 bits per heavy atom. The van der Waals surface area contributed by atoms with Gasteiger partial charge in [0, 0.05) is 0 Å². The van der Waals surface area contributed by atoms with Crippen LogP contribution in [0.3, 0.4) is 0 Å². The van der Waals surface area contributed by atoms with Gasteiger partial charge < -0.3 is 9.64 Å². The Balaban J connectivity index is 1.64. The van der Waals surface area contributed by atoms with E-state index in [0.717, 1.165) is 12.4 Å². The van der Waals surface area contributed by atoms with Crippen LogP contribution < -0.4 is 4.74 Å². The predicted molar refractivity (Wildman–Crippen MR) is 84.4 cm³/mol. The van der Waals surface area contributed by atoms with Crippen molar-refractivity contribution in [2.75, 3.05) is 26.7 Å². The number of ether oxygens (including phenoxy) is 1. The summed E-state index contributed by atoms with van der Waals surface area (Å²) in [4.78, 5) is 2.40. The highest BCUT2D eigenvalue weighted by molar-refractivity contribution is 5.84. The van der Waals surface area contributed by atoms with Crippen LogP contribution in [0.25, 0.3) is 10.8 Å². The van der Waals surface area contributed by atoms with Gasteiger partial charge in [0.25, 0.3) is 0 Å². The summed E-state index contributed by atoms with van der Waals surface area (Å²) in [5.74, 6) is 1.71. The first kappa shape index (κ1) is 13.4. The average molecular weight is 269 g/mol. The highest BCUT2D eigenvalue weighted by atomic mass is 16.5. The highest BCUT2D eigenvalue weighted by Crippen LogP contribution is 2.23. The van der Waals surface area contributed by atoms with E-state index in [2.05, 4.69) is 55.3 Å². The molecule has 0 amide bonds. The quantitative estimate of drug-likeness (QED) is 0.838. The Bertz CT molecular complexity index is 585. The molecule has 0 unspecified atom stereocenters. The van der Waals surface area contributed by atoms with Crippen molar-refractivity contribution >= 4 is 10.8 Å². The van der Waals surface area contributed by atoms with E-state index >= 15 is 0 Å². The van der Waals surface area contributed by atoms with Crippen LogP contribution in [0, 0.1) is 12.8 Å². The minimum Gasteiger partial charge on any atom is -0.493 e. The summed E-state index contributed by atoms with van der Waals surface area (Å²) in [5, 5.41) is 2.55. The van der Waals surface area contributed by atoms with Crippen LogP contribution in [-0.2, 0) is 0 Å². The molecule has 2 nitrogen and oxygen atoms in total. The van der Waals surface area contributed by atoms with Crippen molar-refractivity contribution in [1.29, 1.82) is 0 Å². The lowest BCUT2D eigenvalue weighted by atomic mass is 9.98. The maximum atomic E-state index is 6.00. The van der Waals surface area contributed by atoms with Crippen LogP contribution in [0.1, 0.15) is 18.4 Å². The maximum absolute atomic E-state index is 6.00. The van der Waals surface area contributed by atoms with E-state index in [1.54, 1.807) is 0 Å². The number of aryl methyl sites for hydroxylation is 1. The Hall–Kier alpha value is -1.54. The molecule has 106 valence electrons. The second-order valence-electron chi connectivity index (χ2n) is 6.07. The molecule has 1 aliphatic rings. The number of likely N-dealkylation sites (tertiary alicyclic amines) is 1. The van der Waals surface area contributed by atoms with Crippen molar-refractivity contribution < 1.29 is 4.74 Å². The van der Waals surface area contributed by atoms with Gasteiger partial charge in [-0.2, -0.15) is 0 Å². The van der Waals surface area contributed by atoms with Crippen LogP contribution in [0.5, 0.6) is 5.75 Å². The Labute approximate surface area is 121 Å². The summed E-state index contributed by atoms with van der Waals surface area (Å²) in [7, 11) is 2.20. The molecule has 0 atom stereocenters. The van der Waals surface area contributed by atoms with E-state index in [-0.39, 0.29) is 0 Å². The summed E-state index contributed by atoms with van der Waals surface area (Å²) in [6, 6.07) is 13.0. The number of hydrogen-bond acceptors (Lipinski definition) is 2. The van der Waals surface area contributed by atoms with Gasteiger partial charge in [-0.05, 0) is 68.7 Å². The predicted octanol–water partition coefficient (Wildman–Crippen LogP) is 3.87. The van der Waals surface area contributed by atoms with Gasteiger partial charge >= 0.3 is 0 Å². The lowest BCUT2D eigenvalue weighted by molar-refractivity contribution is 0.160. The number of piperidine rings is 1. The van der Waals surface area contributed by atoms with Crippen LogP contribution in [0.4, 0.5) is 0 Å². The maximum Gasteiger partial charge on any atom is 0.119 e. The smallest absolute Gasteiger partial charge is 0.119 e. The number of rotatable bonds is 3. The first-order chi connectivity index (χ1) is 9.70. The van der Waals surface area contributed by atoms with Crippen molar-refractivity contribution in [3.63, 3.8) is 0 Å². The molecule has 0 N–H and O–H groups in total. The minimum absolute atomic E-state index is 0.708. The fourth-order valence-electron chi connectivity index (χ4n) is 2.88. The van der Waals surface area contributed by atoms with E-state index in [1.165, 1.54) is 42.3 Å². The molecule has 1 heterocycles. The first-order valence-electron chi connectivity index (χ1n) is 7.52. The third kappa shape index (κ3) is 3.13. The van der Waals surface area contributed by atoms with Gasteiger partial charge in [0.1, 0.15) is 5.75 Å². The van der Waals surface area contributed by atoms with Gasteiger partial charge in [-0.15, -0.1) is 0 Å². The van der Waals surface area contributed by atoms with Gasteiger partial charge in [-0.1, -0.05) is 29.8 Å². The lowest BCUT2D eigenvalue weighted by Crippen LogP contribution is -2.32. The van der Waals surface area contributed by atoms with Crippen LogP contribution >= 0.6 is 0 Å². The van der Waals surface area contributed by atoms with Crippen molar-refractivity contribution in [2.24, 2.45) is 5.92 Å². The summed E-state index contributed by atoms with van der Waals surface area (Å²) in [6.07, 6.45) is 2.51. The van der Waals surface area contributed by atoms with Crippen molar-refractivity contribution in [1.82, 2.24) is 4.90 Å². The molecule has 0 aliphatic carbocycles. The lowest BCUT2D eigenvalue weighted by Gasteiger charge is -2.28. The van der Waals surface area contributed by atoms with E-state index in [4.69, 9.17) is 4.74 Å². The second-order valence-corrected chi connectivity index (χ2v) is 6.07. The number of fused-ring (bicyclic) bond motifs is 1. The second kappa shape index (κ2) is 5.84. The summed E-state index contributed by atoms with van der Waals surface area (Å²) in [5.41, 5.74) is 1.30. The van der Waals surface area contributed by atoms with E-state index in [1.807, 2.05) is 0 Å². The number of hydrogen-bond donors (Lipinski definition) is 0. The zero-order valence-electron chi connectivity index (χ0n) is 12.4. The van der Waals surface area contributed by atoms with Gasteiger partial charge in [0.15, 0.2) is 0 Å². The molecular formula is C18H23NO. The zero-order chi connectivity index (χ0) is 13.9. The Kier molecular flexibility index (Phi) is 3.93. The molecule has 1 fully saturated rings. The fraction of sp³-hybridized carbons (Fsp3) is 0.444. The molecule has 0 spiro atoms. The topological polar surface area (TPSA) is 12.5 Å². The molecule has 0 radical (unpaired) electrons. The van der Waals surface area contributed by atoms with Crippen LogP contribution in [-0.4, -0.2) is 31.6 Å². The number of benzene rings is 2. The van der Waals surface area contributed by atoms with Crippen molar-refractivity contribution in [3.05, 3.63) is 42.0 Å². The van der Waals surface area contributed by atoms with Gasteiger partial charge in [-0.3, -0.25) is 0 Å². The molecule has 2 heteroatoms. The molecular weight excluding hydrogens is 246 g/mol. The van der Waals surface area contributed by atoms with Gasteiger partial charge in [0.05, 0.1) is 6.61 Å². The summed E-state index contributed by atoms with van der Waals surface area (Å²) < 4.78 is 6.00. The first-order valence-corrected chi connectivity index (χ1v) is 7.52. The van der Waals surface area contributed by atoms with Crippen LogP contribution in [0.15, 0.2) is 36.4 Å². The zero-order valence-corrected chi connectivity index (χ0v) is 12.4. The SMILES string of the molecule is Cc1ccc2cc(OCC3CCN(C)CC3)ccc2c1. The molecule has 2 aromatic carbocycles. The molecule has 20 heavy (non-hydrogen) atoms. The van der Waals surface area contributed by atoms with Crippen molar-refractivity contribution in [3.8, 4) is 5.75 Å². The molecule has 0 aromatic heterocycles. The van der Waals surface area contributed by atoms with E-state index < -0.39 is 0 Å². The largest absolute Gasteiger partial charge is 0.493 e. The van der Waals surface area contributed by atoms with E-state index in [9.17, 15) is 0 Å². The normalized spacial score (nSPS) is 17.5. The van der Waals surface area contributed by atoms with Crippen molar-refractivity contribution in [2.45, 2.75) is 19.8 Å². The van der Waals surface area contributed by atoms with Gasteiger partial charge in [-0.25, -0.2) is 0 Å². The minimum atomic E-state index is 0.708. The highest BCUT2D eigenvalue weighted by Gasteiger charge is 2.17. The standard InChI is InChI=1S/C18H23NO/c1-14-3-4-17-12-18(6-5-16(17)11-14)20-13-15-7-9-19(2)10-8-15/h3-6,11-12,15H,7-10,13H2,1-2H3.